The molecular formula is C18H20B2O6S2. The molecule has 0 spiro atoms. The van der Waals surface area contributed by atoms with Crippen molar-refractivity contribution >= 4 is 46.5 Å². The van der Waals surface area contributed by atoms with Crippen LogP contribution in [0.3, 0.4) is 0 Å². The van der Waals surface area contributed by atoms with E-state index in [1.54, 1.807) is 12.1 Å². The number of hydrogen-bond acceptors (Lipinski definition) is 8. The van der Waals surface area contributed by atoms with E-state index in [0.717, 1.165) is 20.9 Å². The van der Waals surface area contributed by atoms with Crippen LogP contribution in [0.4, 0.5) is 0 Å². The number of hydrogen-bond donors (Lipinski definition) is 4. The van der Waals surface area contributed by atoms with Crippen LogP contribution in [0.15, 0.2) is 48.5 Å². The van der Waals surface area contributed by atoms with Gasteiger partial charge in [-0.05, 0) is 23.3 Å². The molecule has 2 heterocycles. The van der Waals surface area contributed by atoms with Gasteiger partial charge >= 0.3 is 14.2 Å². The molecular weight excluding hydrogens is 398 g/mol. The largest absolute Gasteiger partial charge is 0.499 e. The molecule has 3 aromatic rings. The molecule has 146 valence electrons. The molecule has 0 aliphatic rings. The standard InChI is InChI=1S/C18H20B2O6S2/c21-19(22)17-7-5-15(27-17)11-25-9-13-1-2-14(4-3-13)10-26-12-16-6-8-18(28-16)20(23)24/h1-8,21-24H,9-12H2. The highest BCUT2D eigenvalue weighted by Crippen LogP contribution is 2.13. The van der Waals surface area contributed by atoms with E-state index in [-0.39, 0.29) is 0 Å². The quantitative estimate of drug-likeness (QED) is 0.360. The van der Waals surface area contributed by atoms with Crippen LogP contribution in [0.1, 0.15) is 20.9 Å². The maximum Gasteiger partial charge on any atom is 0.499 e. The molecule has 0 saturated carbocycles. The lowest BCUT2D eigenvalue weighted by atomic mass is 9.90. The molecule has 0 unspecified atom stereocenters. The molecule has 0 bridgehead atoms. The van der Waals surface area contributed by atoms with Crippen LogP contribution in [-0.4, -0.2) is 34.3 Å². The van der Waals surface area contributed by atoms with Gasteiger partial charge in [-0.1, -0.05) is 36.4 Å². The summed E-state index contributed by atoms with van der Waals surface area (Å²) in [7, 11) is -2.87. The third-order valence-electron chi connectivity index (χ3n) is 3.92. The lowest BCUT2D eigenvalue weighted by Gasteiger charge is -2.06. The molecule has 1 aromatic carbocycles. The minimum Gasteiger partial charge on any atom is -0.423 e. The van der Waals surface area contributed by atoms with Gasteiger partial charge in [0.25, 0.3) is 0 Å². The van der Waals surface area contributed by atoms with Crippen LogP contribution in [0.2, 0.25) is 0 Å². The fraction of sp³-hybridized carbons (Fsp3) is 0.222. The number of ether oxygens (including phenoxy) is 2. The van der Waals surface area contributed by atoms with E-state index < -0.39 is 14.2 Å². The molecule has 4 N–H and O–H groups in total. The zero-order chi connectivity index (χ0) is 19.9. The van der Waals surface area contributed by atoms with Gasteiger partial charge in [0.1, 0.15) is 0 Å². The second-order valence-electron chi connectivity index (χ2n) is 6.16. The highest BCUT2D eigenvalue weighted by molar-refractivity contribution is 7.22. The van der Waals surface area contributed by atoms with Gasteiger partial charge in [0.2, 0.25) is 0 Å². The number of benzene rings is 1. The van der Waals surface area contributed by atoms with Gasteiger partial charge < -0.3 is 29.6 Å². The van der Waals surface area contributed by atoms with Crippen LogP contribution < -0.4 is 9.55 Å². The zero-order valence-corrected chi connectivity index (χ0v) is 16.7. The van der Waals surface area contributed by atoms with E-state index in [9.17, 15) is 0 Å². The molecule has 0 aliphatic carbocycles. The number of thiophene rings is 2. The Balaban J connectivity index is 1.39. The summed E-state index contributed by atoms with van der Waals surface area (Å²) in [6, 6.07) is 15.0. The Morgan fingerprint density at radius 3 is 1.29 bits per heavy atom. The molecule has 3 rings (SSSR count). The Morgan fingerprint density at radius 2 is 0.964 bits per heavy atom. The second kappa shape index (κ2) is 10.3. The first-order valence-electron chi connectivity index (χ1n) is 8.64. The third-order valence-corrected chi connectivity index (χ3v) is 6.12. The van der Waals surface area contributed by atoms with Crippen LogP contribution >= 0.6 is 22.7 Å². The smallest absolute Gasteiger partial charge is 0.423 e. The third kappa shape index (κ3) is 6.26. The van der Waals surface area contributed by atoms with Gasteiger partial charge in [-0.25, -0.2) is 0 Å². The lowest BCUT2D eigenvalue weighted by molar-refractivity contribution is 0.107. The Kier molecular flexibility index (Phi) is 7.83. The Morgan fingerprint density at radius 1 is 0.571 bits per heavy atom. The molecule has 0 saturated heterocycles. The average Bonchev–Trinajstić information content (AvgIpc) is 3.33. The molecule has 0 fully saturated rings. The van der Waals surface area contributed by atoms with E-state index in [4.69, 9.17) is 29.6 Å². The van der Waals surface area contributed by atoms with Gasteiger partial charge in [0.05, 0.1) is 26.4 Å². The number of rotatable bonds is 10. The van der Waals surface area contributed by atoms with E-state index in [0.29, 0.717) is 36.0 Å². The normalized spacial score (nSPS) is 11.0. The first kappa shape index (κ1) is 21.2. The van der Waals surface area contributed by atoms with Crippen molar-refractivity contribution in [1.29, 1.82) is 0 Å². The van der Waals surface area contributed by atoms with Crippen molar-refractivity contribution in [2.75, 3.05) is 0 Å². The minimum absolute atomic E-state index is 0.424. The fourth-order valence-corrected chi connectivity index (χ4v) is 4.14. The summed E-state index contributed by atoms with van der Waals surface area (Å²) in [6.45, 7) is 1.79. The van der Waals surface area contributed by atoms with Gasteiger partial charge in [-0.2, -0.15) is 0 Å². The van der Waals surface area contributed by atoms with Crippen molar-refractivity contribution in [3.8, 4) is 0 Å². The van der Waals surface area contributed by atoms with Crippen molar-refractivity contribution in [2.24, 2.45) is 0 Å². The van der Waals surface area contributed by atoms with E-state index >= 15 is 0 Å². The average molecular weight is 418 g/mol. The van der Waals surface area contributed by atoms with Crippen molar-refractivity contribution < 1.29 is 29.6 Å². The Labute approximate surface area is 171 Å². The summed E-state index contributed by atoms with van der Waals surface area (Å²) in [5.41, 5.74) is 2.09. The molecule has 6 nitrogen and oxygen atoms in total. The summed E-state index contributed by atoms with van der Waals surface area (Å²) in [4.78, 5) is 1.89. The summed E-state index contributed by atoms with van der Waals surface area (Å²) < 4.78 is 12.4. The van der Waals surface area contributed by atoms with E-state index in [1.807, 2.05) is 36.4 Å². The molecule has 2 aromatic heterocycles. The zero-order valence-electron chi connectivity index (χ0n) is 15.0. The van der Waals surface area contributed by atoms with E-state index in [2.05, 4.69) is 0 Å². The highest BCUT2D eigenvalue weighted by Gasteiger charge is 2.14. The van der Waals surface area contributed by atoms with Gasteiger partial charge in [0, 0.05) is 19.3 Å². The van der Waals surface area contributed by atoms with Crippen LogP contribution in [0.25, 0.3) is 0 Å². The molecule has 0 atom stereocenters. The van der Waals surface area contributed by atoms with Crippen LogP contribution in [0.5, 0.6) is 0 Å². The van der Waals surface area contributed by atoms with Crippen LogP contribution in [0, 0.1) is 0 Å². The van der Waals surface area contributed by atoms with Gasteiger partial charge in [-0.15, -0.1) is 22.7 Å². The predicted molar refractivity (Wildman–Crippen MR) is 112 cm³/mol. The van der Waals surface area contributed by atoms with Crippen molar-refractivity contribution in [2.45, 2.75) is 26.4 Å². The summed E-state index contributed by atoms with van der Waals surface area (Å²) in [5, 5.41) is 36.4. The molecule has 10 heteroatoms. The van der Waals surface area contributed by atoms with Crippen molar-refractivity contribution in [3.05, 3.63) is 69.4 Å². The Bertz CT molecular complexity index is 792. The summed E-state index contributed by atoms with van der Waals surface area (Å²) in [6.07, 6.45) is 0. The molecule has 0 amide bonds. The molecule has 0 aliphatic heterocycles. The highest BCUT2D eigenvalue weighted by atomic mass is 32.1. The van der Waals surface area contributed by atoms with E-state index in [1.165, 1.54) is 22.7 Å². The predicted octanol–water partition coefficient (Wildman–Crippen LogP) is 0.603. The maximum atomic E-state index is 9.11. The van der Waals surface area contributed by atoms with Gasteiger partial charge in [-0.3, -0.25) is 0 Å². The SMILES string of the molecule is OB(O)c1ccc(COCc2ccc(COCc3ccc(B(O)O)s3)cc2)s1. The second-order valence-corrected chi connectivity index (χ2v) is 8.56. The van der Waals surface area contributed by atoms with Crippen LogP contribution in [-0.2, 0) is 35.9 Å². The first-order valence-corrected chi connectivity index (χ1v) is 10.3. The van der Waals surface area contributed by atoms with Gasteiger partial charge in [0.15, 0.2) is 0 Å². The Hall–Kier alpha value is -1.49. The molecule has 28 heavy (non-hydrogen) atoms. The topological polar surface area (TPSA) is 99.4 Å². The van der Waals surface area contributed by atoms with Crippen molar-refractivity contribution in [3.63, 3.8) is 0 Å². The monoisotopic (exact) mass is 418 g/mol. The maximum absolute atomic E-state index is 9.11. The summed E-state index contributed by atoms with van der Waals surface area (Å²) >= 11 is 2.64. The van der Waals surface area contributed by atoms with Crippen molar-refractivity contribution in [1.82, 2.24) is 0 Å². The fourth-order valence-electron chi connectivity index (χ4n) is 2.49. The lowest BCUT2D eigenvalue weighted by Crippen LogP contribution is -2.26. The minimum atomic E-state index is -1.43. The molecule has 0 radical (unpaired) electrons. The first-order chi connectivity index (χ1) is 13.5. The summed E-state index contributed by atoms with van der Waals surface area (Å²) in [5.74, 6) is 0.